The van der Waals surface area contributed by atoms with Crippen molar-refractivity contribution in [1.82, 2.24) is 9.97 Å². The van der Waals surface area contributed by atoms with Crippen LogP contribution in [0.4, 0.5) is 5.82 Å². The Labute approximate surface area is 107 Å². The zero-order chi connectivity index (χ0) is 13.0. The zero-order valence-electron chi connectivity index (χ0n) is 10.8. The molecule has 1 aromatic carbocycles. The fourth-order valence-corrected chi connectivity index (χ4v) is 1.86. The van der Waals surface area contributed by atoms with Crippen molar-refractivity contribution in [2.24, 2.45) is 5.73 Å². The lowest BCUT2D eigenvalue weighted by Crippen LogP contribution is -2.21. The Morgan fingerprint density at radius 1 is 1.11 bits per heavy atom. The van der Waals surface area contributed by atoms with Crippen molar-refractivity contribution in [3.05, 3.63) is 53.5 Å². The molecule has 0 fully saturated rings. The number of nitrogens with two attached hydrogens (primary N) is 1. The van der Waals surface area contributed by atoms with Gasteiger partial charge < -0.3 is 10.6 Å². The smallest absolute Gasteiger partial charge is 0.151 e. The van der Waals surface area contributed by atoms with Crippen LogP contribution in [-0.2, 0) is 13.1 Å². The van der Waals surface area contributed by atoms with E-state index in [2.05, 4.69) is 46.1 Å². The van der Waals surface area contributed by atoms with E-state index in [4.69, 9.17) is 5.73 Å². The largest absolute Gasteiger partial charge is 0.354 e. The van der Waals surface area contributed by atoms with E-state index in [9.17, 15) is 0 Å². The first-order valence-corrected chi connectivity index (χ1v) is 5.97. The standard InChI is InChI=1S/C14H18N4/c1-11-3-5-12(6-4-11)10-18(2)14-13(9-15)16-7-8-17-14/h3-8H,9-10,15H2,1-2H3. The SMILES string of the molecule is Cc1ccc(CN(C)c2nccnc2CN)cc1. The molecule has 0 amide bonds. The summed E-state index contributed by atoms with van der Waals surface area (Å²) < 4.78 is 0. The normalized spacial score (nSPS) is 10.4. The highest BCUT2D eigenvalue weighted by Crippen LogP contribution is 2.15. The topological polar surface area (TPSA) is 55.0 Å². The maximum absolute atomic E-state index is 5.67. The van der Waals surface area contributed by atoms with Gasteiger partial charge >= 0.3 is 0 Å². The molecule has 94 valence electrons. The number of benzene rings is 1. The summed E-state index contributed by atoms with van der Waals surface area (Å²) in [6, 6.07) is 8.49. The zero-order valence-corrected chi connectivity index (χ0v) is 10.8. The predicted octanol–water partition coefficient (Wildman–Crippen LogP) is 1.88. The minimum atomic E-state index is 0.404. The molecule has 2 rings (SSSR count). The Kier molecular flexibility index (Phi) is 3.89. The average molecular weight is 242 g/mol. The van der Waals surface area contributed by atoms with E-state index in [1.165, 1.54) is 11.1 Å². The first kappa shape index (κ1) is 12.5. The highest BCUT2D eigenvalue weighted by Gasteiger charge is 2.09. The third-order valence-corrected chi connectivity index (χ3v) is 2.85. The van der Waals surface area contributed by atoms with E-state index in [1.54, 1.807) is 12.4 Å². The molecule has 0 bridgehead atoms. The van der Waals surface area contributed by atoms with Crippen molar-refractivity contribution in [3.8, 4) is 0 Å². The van der Waals surface area contributed by atoms with Crippen LogP contribution in [0.5, 0.6) is 0 Å². The highest BCUT2D eigenvalue weighted by molar-refractivity contribution is 5.43. The second kappa shape index (κ2) is 5.60. The van der Waals surface area contributed by atoms with Crippen molar-refractivity contribution >= 4 is 5.82 Å². The van der Waals surface area contributed by atoms with Crippen LogP contribution in [0.25, 0.3) is 0 Å². The Balaban J connectivity index is 2.16. The first-order chi connectivity index (χ1) is 8.70. The van der Waals surface area contributed by atoms with Gasteiger partial charge in [-0.1, -0.05) is 29.8 Å². The third kappa shape index (κ3) is 2.84. The van der Waals surface area contributed by atoms with Gasteiger partial charge in [-0.15, -0.1) is 0 Å². The number of aromatic nitrogens is 2. The lowest BCUT2D eigenvalue weighted by Gasteiger charge is -2.20. The van der Waals surface area contributed by atoms with Crippen molar-refractivity contribution in [3.63, 3.8) is 0 Å². The molecule has 0 saturated carbocycles. The second-order valence-electron chi connectivity index (χ2n) is 4.37. The Morgan fingerprint density at radius 3 is 2.44 bits per heavy atom. The molecule has 2 N–H and O–H groups in total. The van der Waals surface area contributed by atoms with Crippen LogP contribution in [-0.4, -0.2) is 17.0 Å². The Bertz CT molecular complexity index is 507. The minimum Gasteiger partial charge on any atom is -0.354 e. The monoisotopic (exact) mass is 242 g/mol. The number of hydrogen-bond acceptors (Lipinski definition) is 4. The molecule has 0 spiro atoms. The van der Waals surface area contributed by atoms with Crippen LogP contribution >= 0.6 is 0 Å². The summed E-state index contributed by atoms with van der Waals surface area (Å²) in [5, 5.41) is 0. The number of nitrogens with zero attached hydrogens (tertiary/aromatic N) is 3. The lowest BCUT2D eigenvalue weighted by atomic mass is 10.1. The number of aryl methyl sites for hydroxylation is 1. The molecule has 0 unspecified atom stereocenters. The van der Waals surface area contributed by atoms with E-state index in [0.717, 1.165) is 18.1 Å². The lowest BCUT2D eigenvalue weighted by molar-refractivity contribution is 0.853. The van der Waals surface area contributed by atoms with Crippen LogP contribution in [0.3, 0.4) is 0 Å². The van der Waals surface area contributed by atoms with Gasteiger partial charge in [-0.2, -0.15) is 0 Å². The molecule has 0 atom stereocenters. The van der Waals surface area contributed by atoms with E-state index in [0.29, 0.717) is 6.54 Å². The van der Waals surface area contributed by atoms with Gasteiger partial charge in [0.15, 0.2) is 5.82 Å². The highest BCUT2D eigenvalue weighted by atomic mass is 15.2. The van der Waals surface area contributed by atoms with Gasteiger partial charge in [0.2, 0.25) is 0 Å². The molecule has 2 aromatic rings. The number of anilines is 1. The van der Waals surface area contributed by atoms with Gasteiger partial charge in [0.05, 0.1) is 5.69 Å². The Hall–Kier alpha value is -1.94. The third-order valence-electron chi connectivity index (χ3n) is 2.85. The molecule has 18 heavy (non-hydrogen) atoms. The fraction of sp³-hybridized carbons (Fsp3) is 0.286. The molecule has 1 heterocycles. The number of rotatable bonds is 4. The van der Waals surface area contributed by atoms with Crippen LogP contribution in [0.15, 0.2) is 36.7 Å². The van der Waals surface area contributed by atoms with Gasteiger partial charge in [-0.3, -0.25) is 4.98 Å². The van der Waals surface area contributed by atoms with Crippen molar-refractivity contribution < 1.29 is 0 Å². The van der Waals surface area contributed by atoms with Crippen LogP contribution in [0.1, 0.15) is 16.8 Å². The van der Waals surface area contributed by atoms with E-state index >= 15 is 0 Å². The van der Waals surface area contributed by atoms with E-state index in [1.807, 2.05) is 7.05 Å². The molecule has 4 nitrogen and oxygen atoms in total. The summed E-state index contributed by atoms with van der Waals surface area (Å²) in [5.74, 6) is 0.848. The maximum Gasteiger partial charge on any atom is 0.151 e. The van der Waals surface area contributed by atoms with E-state index < -0.39 is 0 Å². The van der Waals surface area contributed by atoms with Crippen LogP contribution in [0.2, 0.25) is 0 Å². The van der Waals surface area contributed by atoms with Crippen LogP contribution < -0.4 is 10.6 Å². The van der Waals surface area contributed by atoms with Gasteiger partial charge in [0, 0.05) is 32.5 Å². The minimum absolute atomic E-state index is 0.404. The summed E-state index contributed by atoms with van der Waals surface area (Å²) in [6.07, 6.45) is 3.37. The van der Waals surface area contributed by atoms with Gasteiger partial charge in [0.1, 0.15) is 0 Å². The summed E-state index contributed by atoms with van der Waals surface area (Å²) >= 11 is 0. The molecular formula is C14H18N4. The van der Waals surface area contributed by atoms with Gasteiger partial charge in [-0.05, 0) is 12.5 Å². The summed E-state index contributed by atoms with van der Waals surface area (Å²) in [6.45, 7) is 3.29. The van der Waals surface area contributed by atoms with Crippen molar-refractivity contribution in [2.75, 3.05) is 11.9 Å². The van der Waals surface area contributed by atoms with Gasteiger partial charge in [0.25, 0.3) is 0 Å². The second-order valence-corrected chi connectivity index (χ2v) is 4.37. The molecule has 0 aliphatic rings. The first-order valence-electron chi connectivity index (χ1n) is 5.97. The summed E-state index contributed by atoms with van der Waals surface area (Å²) in [7, 11) is 2.00. The van der Waals surface area contributed by atoms with Gasteiger partial charge in [-0.25, -0.2) is 4.98 Å². The van der Waals surface area contributed by atoms with Crippen molar-refractivity contribution in [2.45, 2.75) is 20.0 Å². The molecule has 0 saturated heterocycles. The van der Waals surface area contributed by atoms with Crippen LogP contribution in [0, 0.1) is 6.92 Å². The molecule has 0 aliphatic heterocycles. The molecule has 1 aromatic heterocycles. The number of hydrogen-bond donors (Lipinski definition) is 1. The fourth-order valence-electron chi connectivity index (χ4n) is 1.86. The molecule has 0 radical (unpaired) electrons. The van der Waals surface area contributed by atoms with Crippen molar-refractivity contribution in [1.29, 1.82) is 0 Å². The Morgan fingerprint density at radius 2 is 1.78 bits per heavy atom. The predicted molar refractivity (Wildman–Crippen MR) is 73.2 cm³/mol. The average Bonchev–Trinajstić information content (AvgIpc) is 2.41. The molecular weight excluding hydrogens is 224 g/mol. The quantitative estimate of drug-likeness (QED) is 0.889. The summed E-state index contributed by atoms with van der Waals surface area (Å²) in [5.41, 5.74) is 9.01. The summed E-state index contributed by atoms with van der Waals surface area (Å²) in [4.78, 5) is 10.7. The maximum atomic E-state index is 5.67. The van der Waals surface area contributed by atoms with E-state index in [-0.39, 0.29) is 0 Å². The molecule has 0 aliphatic carbocycles. The molecule has 4 heteroatoms.